The van der Waals surface area contributed by atoms with Crippen molar-refractivity contribution >= 4 is 58.3 Å². The van der Waals surface area contributed by atoms with Crippen molar-refractivity contribution in [1.82, 2.24) is 0 Å². The standard InChI is InChI=1S/C20H20BrNO4S2/c1-3-4-13-22(19-18(21)16-7-5-6-8-17(16)27-19)28(24,25)15-11-9-14(10-12-15)20(23)26-2/h5-12H,3-4,13H2,1-2H3. The Morgan fingerprint density at radius 2 is 1.82 bits per heavy atom. The molecule has 1 aromatic heterocycles. The second kappa shape index (κ2) is 8.63. The molecule has 0 spiro atoms. The summed E-state index contributed by atoms with van der Waals surface area (Å²) in [6, 6.07) is 13.6. The number of benzene rings is 2. The average Bonchev–Trinajstić information content (AvgIpc) is 3.04. The third-order valence-electron chi connectivity index (χ3n) is 4.32. The Morgan fingerprint density at radius 1 is 1.14 bits per heavy atom. The van der Waals surface area contributed by atoms with Crippen LogP contribution in [-0.2, 0) is 14.8 Å². The molecule has 0 bridgehead atoms. The van der Waals surface area contributed by atoms with Crippen molar-refractivity contribution in [3.8, 4) is 0 Å². The van der Waals surface area contributed by atoms with Gasteiger partial charge in [0.25, 0.3) is 10.0 Å². The molecule has 0 amide bonds. The maximum Gasteiger partial charge on any atom is 0.337 e. The van der Waals surface area contributed by atoms with Crippen molar-refractivity contribution in [3.63, 3.8) is 0 Å². The van der Waals surface area contributed by atoms with Crippen LogP contribution in [0.3, 0.4) is 0 Å². The van der Waals surface area contributed by atoms with Crippen LogP contribution < -0.4 is 4.31 Å². The zero-order valence-corrected chi connectivity index (χ0v) is 18.7. The summed E-state index contributed by atoms with van der Waals surface area (Å²) in [5.74, 6) is -0.501. The van der Waals surface area contributed by atoms with Gasteiger partial charge >= 0.3 is 5.97 Å². The van der Waals surface area contributed by atoms with Gasteiger partial charge in [0.1, 0.15) is 5.00 Å². The molecule has 5 nitrogen and oxygen atoms in total. The second-order valence-electron chi connectivity index (χ2n) is 6.16. The lowest BCUT2D eigenvalue weighted by atomic mass is 10.2. The number of halogens is 1. The van der Waals surface area contributed by atoms with Crippen LogP contribution in [-0.4, -0.2) is 28.0 Å². The van der Waals surface area contributed by atoms with E-state index in [-0.39, 0.29) is 4.90 Å². The quantitative estimate of drug-likeness (QED) is 0.421. The monoisotopic (exact) mass is 481 g/mol. The number of rotatable bonds is 7. The summed E-state index contributed by atoms with van der Waals surface area (Å²) < 4.78 is 34.8. The molecule has 3 aromatic rings. The van der Waals surface area contributed by atoms with E-state index in [0.29, 0.717) is 17.1 Å². The Balaban J connectivity index is 2.07. The van der Waals surface area contributed by atoms with E-state index < -0.39 is 16.0 Å². The Kier molecular flexibility index (Phi) is 6.42. The van der Waals surface area contributed by atoms with E-state index in [2.05, 4.69) is 20.7 Å². The summed E-state index contributed by atoms with van der Waals surface area (Å²) >= 11 is 5.03. The largest absolute Gasteiger partial charge is 0.465 e. The lowest BCUT2D eigenvalue weighted by Gasteiger charge is -2.23. The molecule has 0 aliphatic carbocycles. The molecule has 0 radical (unpaired) electrons. The van der Waals surface area contributed by atoms with Crippen molar-refractivity contribution in [2.24, 2.45) is 0 Å². The molecule has 0 saturated carbocycles. The lowest BCUT2D eigenvalue weighted by Crippen LogP contribution is -2.31. The zero-order valence-electron chi connectivity index (χ0n) is 15.5. The molecule has 0 fully saturated rings. The van der Waals surface area contributed by atoms with E-state index in [1.54, 1.807) is 0 Å². The summed E-state index contributed by atoms with van der Waals surface area (Å²) in [6.45, 7) is 2.40. The SMILES string of the molecule is CCCCN(c1sc2ccccc2c1Br)S(=O)(=O)c1ccc(C(=O)OC)cc1. The molecule has 3 rings (SSSR count). The molecule has 0 unspecified atom stereocenters. The second-order valence-corrected chi connectivity index (χ2v) is 9.85. The number of thiophene rings is 1. The van der Waals surface area contributed by atoms with Crippen LogP contribution >= 0.6 is 27.3 Å². The first-order valence-corrected chi connectivity index (χ1v) is 11.8. The molecule has 0 N–H and O–H groups in total. The summed E-state index contributed by atoms with van der Waals surface area (Å²) in [4.78, 5) is 11.8. The predicted octanol–water partition coefficient (Wildman–Crippen LogP) is 5.45. The molecule has 148 valence electrons. The van der Waals surface area contributed by atoms with Crippen molar-refractivity contribution in [2.75, 3.05) is 18.0 Å². The number of ether oxygens (including phenoxy) is 1. The lowest BCUT2D eigenvalue weighted by molar-refractivity contribution is 0.0600. The number of sulfonamides is 1. The minimum absolute atomic E-state index is 0.139. The van der Waals surface area contributed by atoms with Gasteiger partial charge in [-0.25, -0.2) is 13.2 Å². The van der Waals surface area contributed by atoms with Crippen LogP contribution in [0.4, 0.5) is 5.00 Å². The summed E-state index contributed by atoms with van der Waals surface area (Å²) in [6.07, 6.45) is 1.61. The third kappa shape index (κ3) is 3.94. The average molecular weight is 482 g/mol. The fourth-order valence-electron chi connectivity index (χ4n) is 2.80. The van der Waals surface area contributed by atoms with Crippen LogP contribution in [0.15, 0.2) is 57.9 Å². The molecule has 8 heteroatoms. The highest BCUT2D eigenvalue weighted by Gasteiger charge is 2.28. The Bertz CT molecular complexity index is 1090. The Morgan fingerprint density at radius 3 is 2.43 bits per heavy atom. The van der Waals surface area contributed by atoms with E-state index in [0.717, 1.165) is 27.4 Å². The van der Waals surface area contributed by atoms with Gasteiger partial charge in [-0.05, 0) is 52.7 Å². The number of esters is 1. The van der Waals surface area contributed by atoms with E-state index in [1.165, 1.54) is 47.0 Å². The number of carbonyl (C=O) groups is 1. The molecular formula is C20H20BrNO4S2. The zero-order chi connectivity index (χ0) is 20.3. The highest BCUT2D eigenvalue weighted by molar-refractivity contribution is 9.10. The number of hydrogen-bond acceptors (Lipinski definition) is 5. The van der Waals surface area contributed by atoms with E-state index in [1.807, 2.05) is 31.2 Å². The van der Waals surface area contributed by atoms with Gasteiger partial charge in [0.05, 0.1) is 22.0 Å². The van der Waals surface area contributed by atoms with E-state index in [4.69, 9.17) is 0 Å². The molecule has 1 heterocycles. The molecule has 0 aliphatic rings. The summed E-state index contributed by atoms with van der Waals surface area (Å²) in [5.41, 5.74) is 0.310. The van der Waals surface area contributed by atoms with Crippen LogP contribution in [0.5, 0.6) is 0 Å². The minimum Gasteiger partial charge on any atom is -0.465 e. The van der Waals surface area contributed by atoms with Crippen LogP contribution in [0.2, 0.25) is 0 Å². The smallest absolute Gasteiger partial charge is 0.337 e. The van der Waals surface area contributed by atoms with Crippen molar-refractivity contribution in [3.05, 3.63) is 58.6 Å². The maximum atomic E-state index is 13.4. The van der Waals surface area contributed by atoms with E-state index in [9.17, 15) is 13.2 Å². The van der Waals surface area contributed by atoms with Crippen molar-refractivity contribution in [1.29, 1.82) is 0 Å². The molecular weight excluding hydrogens is 462 g/mol. The summed E-state index contributed by atoms with van der Waals surface area (Å²) in [5, 5.41) is 1.65. The number of anilines is 1. The topological polar surface area (TPSA) is 63.7 Å². The number of nitrogens with zero attached hydrogens (tertiary/aromatic N) is 1. The number of hydrogen-bond donors (Lipinski definition) is 0. The fraction of sp³-hybridized carbons (Fsp3) is 0.250. The maximum absolute atomic E-state index is 13.4. The first kappa shape index (κ1) is 20.8. The molecule has 28 heavy (non-hydrogen) atoms. The fourth-order valence-corrected chi connectivity index (χ4v) is 6.70. The Labute approximate surface area is 177 Å². The van der Waals surface area contributed by atoms with Gasteiger partial charge < -0.3 is 4.74 Å². The van der Waals surface area contributed by atoms with E-state index >= 15 is 0 Å². The Hall–Kier alpha value is -1.90. The van der Waals surface area contributed by atoms with Gasteiger partial charge in [-0.2, -0.15) is 0 Å². The first-order valence-electron chi connectivity index (χ1n) is 8.78. The highest BCUT2D eigenvalue weighted by Crippen LogP contribution is 2.43. The molecule has 0 atom stereocenters. The van der Waals surface area contributed by atoms with Crippen LogP contribution in [0, 0.1) is 0 Å². The number of unbranched alkanes of at least 4 members (excludes halogenated alkanes) is 1. The number of carbonyl (C=O) groups excluding carboxylic acids is 1. The normalized spacial score (nSPS) is 11.5. The predicted molar refractivity (Wildman–Crippen MR) is 117 cm³/mol. The molecule has 0 aliphatic heterocycles. The van der Waals surface area contributed by atoms with Gasteiger partial charge in [0.2, 0.25) is 0 Å². The highest BCUT2D eigenvalue weighted by atomic mass is 79.9. The van der Waals surface area contributed by atoms with Crippen LogP contribution in [0.25, 0.3) is 10.1 Å². The van der Waals surface area contributed by atoms with Gasteiger partial charge in [-0.1, -0.05) is 31.5 Å². The molecule has 0 saturated heterocycles. The third-order valence-corrected chi connectivity index (χ3v) is 8.51. The van der Waals surface area contributed by atoms with Crippen molar-refractivity contribution < 1.29 is 17.9 Å². The van der Waals surface area contributed by atoms with Gasteiger partial charge in [0, 0.05) is 16.6 Å². The van der Waals surface area contributed by atoms with Crippen LogP contribution in [0.1, 0.15) is 30.1 Å². The van der Waals surface area contributed by atoms with Gasteiger partial charge in [-0.15, -0.1) is 11.3 Å². The number of methoxy groups -OCH3 is 1. The molecule has 2 aromatic carbocycles. The first-order chi connectivity index (χ1) is 13.4. The minimum atomic E-state index is -3.78. The summed E-state index contributed by atoms with van der Waals surface area (Å²) in [7, 11) is -2.49. The van der Waals surface area contributed by atoms with Crippen molar-refractivity contribution in [2.45, 2.75) is 24.7 Å². The van der Waals surface area contributed by atoms with Gasteiger partial charge in [0.15, 0.2) is 0 Å². The number of fused-ring (bicyclic) bond motifs is 1. The van der Waals surface area contributed by atoms with Gasteiger partial charge in [-0.3, -0.25) is 4.31 Å².